The van der Waals surface area contributed by atoms with Gasteiger partial charge in [0.25, 0.3) is 0 Å². The first-order valence-corrected chi connectivity index (χ1v) is 28.3. The zero-order valence-corrected chi connectivity index (χ0v) is 41.1. The molecule has 2 N–H and O–H groups in total. The number of nitrogens with one attached hydrogen (secondary N) is 1. The van der Waals surface area contributed by atoms with E-state index in [-0.39, 0.29) is 18.6 Å². The number of rotatable bonds is 19. The largest absolute Gasteiger partial charge is 0.396 e. The molecule has 6 aromatic rings. The summed E-state index contributed by atoms with van der Waals surface area (Å²) in [5.74, 6) is 1.02. The van der Waals surface area contributed by atoms with Gasteiger partial charge in [0, 0.05) is 52.8 Å². The molecule has 1 aliphatic heterocycles. The van der Waals surface area contributed by atoms with E-state index in [2.05, 4.69) is 200 Å². The molecule has 0 radical (unpaired) electrons. The Labute approximate surface area is 397 Å². The molecule has 1 aliphatic carbocycles. The smallest absolute Gasteiger partial charge is 0.213 e. The highest BCUT2D eigenvalue weighted by molar-refractivity contribution is 6.89. The number of fused-ring (bicyclic) bond motifs is 3. The van der Waals surface area contributed by atoms with Gasteiger partial charge in [0.15, 0.2) is 12.2 Å². The fourth-order valence-corrected chi connectivity index (χ4v) is 12.4. The van der Waals surface area contributed by atoms with Gasteiger partial charge in [-0.05, 0) is 96.2 Å². The summed E-state index contributed by atoms with van der Waals surface area (Å²) in [5.41, 5.74) is 16.0. The van der Waals surface area contributed by atoms with Gasteiger partial charge in [0.05, 0.1) is 25.9 Å². The standard InChI is InChI=1S/C61H72N3OSi/c1-7-38-63(58-33-20-19-32-57(58)62-56-37-35-50(48-26-13-9-14-27-48)42-55(56)49-28-15-10-16-29-49)46(3)40-59-54(36-34-45(2)23-21-22-39-65)52-30-17-18-31-53(52)60-43-51(41-47-24-11-8-12-25-47)61(44-64(59)60)66(4,5)6/h9-10,13-21,23,26-33,35,37,42-44,47,54,59,62,65H,2-3,7-8,11-12,22,24-25,34,36,38-41H2,1,4-6H3/q+1/b23-21-. The van der Waals surface area contributed by atoms with Crippen LogP contribution in [0.3, 0.4) is 0 Å². The molecule has 1 aromatic heterocycles. The van der Waals surface area contributed by atoms with Crippen molar-refractivity contribution in [2.24, 2.45) is 5.92 Å². The third-order valence-electron chi connectivity index (χ3n) is 14.1. The van der Waals surface area contributed by atoms with E-state index in [4.69, 9.17) is 6.58 Å². The maximum absolute atomic E-state index is 9.49. The highest BCUT2D eigenvalue weighted by Gasteiger charge is 2.42. The van der Waals surface area contributed by atoms with Gasteiger partial charge in [-0.15, -0.1) is 0 Å². The van der Waals surface area contributed by atoms with Crippen LogP contribution >= 0.6 is 0 Å². The lowest BCUT2D eigenvalue weighted by Crippen LogP contribution is -2.54. The summed E-state index contributed by atoms with van der Waals surface area (Å²) in [6.45, 7) is 20.4. The van der Waals surface area contributed by atoms with Crippen LogP contribution in [-0.2, 0) is 6.42 Å². The number of aliphatic hydroxyl groups excluding tert-OH is 1. The van der Waals surface area contributed by atoms with Gasteiger partial charge in [-0.1, -0.05) is 187 Å². The summed E-state index contributed by atoms with van der Waals surface area (Å²) in [6.07, 6.45) is 19.1. The Morgan fingerprint density at radius 2 is 1.47 bits per heavy atom. The van der Waals surface area contributed by atoms with Gasteiger partial charge >= 0.3 is 0 Å². The molecule has 66 heavy (non-hydrogen) atoms. The van der Waals surface area contributed by atoms with E-state index in [1.807, 2.05) is 0 Å². The molecule has 0 amide bonds. The minimum Gasteiger partial charge on any atom is -0.396 e. The normalized spacial score (nSPS) is 16.1. The molecule has 1 saturated carbocycles. The van der Waals surface area contributed by atoms with E-state index in [9.17, 15) is 5.11 Å². The molecule has 0 saturated heterocycles. The van der Waals surface area contributed by atoms with E-state index in [0.29, 0.717) is 6.42 Å². The molecular weight excluding hydrogens is 819 g/mol. The summed E-state index contributed by atoms with van der Waals surface area (Å²) in [7, 11) is -1.75. The van der Waals surface area contributed by atoms with Crippen molar-refractivity contribution < 1.29 is 9.67 Å². The molecule has 5 aromatic carbocycles. The third kappa shape index (κ3) is 10.9. The van der Waals surface area contributed by atoms with Gasteiger partial charge in [0.2, 0.25) is 5.69 Å². The number of aliphatic hydroxyl groups is 1. The number of allylic oxidation sites excluding steroid dienone is 3. The first-order valence-electron chi connectivity index (χ1n) is 24.8. The van der Waals surface area contributed by atoms with Gasteiger partial charge in [0.1, 0.15) is 0 Å². The summed E-state index contributed by atoms with van der Waals surface area (Å²) in [5, 5.41) is 15.1. The number of pyridine rings is 1. The Kier molecular flexibility index (Phi) is 15.4. The van der Waals surface area contributed by atoms with Crippen LogP contribution in [0.2, 0.25) is 19.6 Å². The number of hydrogen-bond donors (Lipinski definition) is 2. The Morgan fingerprint density at radius 1 is 0.773 bits per heavy atom. The molecular formula is C61H72N3OSi+. The van der Waals surface area contributed by atoms with E-state index >= 15 is 0 Å². The molecule has 0 bridgehead atoms. The van der Waals surface area contributed by atoms with Crippen molar-refractivity contribution in [2.75, 3.05) is 23.4 Å². The van der Waals surface area contributed by atoms with Crippen LogP contribution in [0.4, 0.5) is 17.1 Å². The van der Waals surface area contributed by atoms with Crippen LogP contribution in [0.25, 0.3) is 33.5 Å². The molecule has 4 nitrogen and oxygen atoms in total. The minimum atomic E-state index is -1.75. The minimum absolute atomic E-state index is 0.154. The molecule has 2 heterocycles. The van der Waals surface area contributed by atoms with E-state index < -0.39 is 8.07 Å². The monoisotopic (exact) mass is 891 g/mol. The Morgan fingerprint density at radius 3 is 2.20 bits per heavy atom. The third-order valence-corrected chi connectivity index (χ3v) is 16.1. The van der Waals surface area contributed by atoms with Gasteiger partial charge in [-0.2, -0.15) is 4.57 Å². The zero-order valence-electron chi connectivity index (χ0n) is 40.1. The lowest BCUT2D eigenvalue weighted by atomic mass is 9.77. The van der Waals surface area contributed by atoms with Crippen molar-refractivity contribution >= 4 is 30.3 Å². The van der Waals surface area contributed by atoms with Gasteiger partial charge in [-0.3, -0.25) is 0 Å². The molecule has 2 unspecified atom stereocenters. The molecule has 0 spiro atoms. The number of hydrogen-bond acceptors (Lipinski definition) is 3. The molecule has 2 aliphatic rings. The number of aromatic nitrogens is 1. The van der Waals surface area contributed by atoms with Crippen LogP contribution in [0.15, 0.2) is 176 Å². The van der Waals surface area contributed by atoms with Crippen molar-refractivity contribution in [1.82, 2.24) is 0 Å². The zero-order chi connectivity index (χ0) is 46.0. The fourth-order valence-electron chi connectivity index (χ4n) is 10.7. The fraction of sp³-hybridized carbons (Fsp3) is 0.328. The second kappa shape index (κ2) is 21.7. The van der Waals surface area contributed by atoms with Crippen LogP contribution in [0.5, 0.6) is 0 Å². The van der Waals surface area contributed by atoms with E-state index in [0.717, 1.165) is 72.0 Å². The number of anilines is 3. The van der Waals surface area contributed by atoms with E-state index in [1.165, 1.54) is 72.0 Å². The average Bonchev–Trinajstić information content (AvgIpc) is 3.34. The number of benzene rings is 5. The van der Waals surface area contributed by atoms with Crippen molar-refractivity contribution in [3.63, 3.8) is 0 Å². The first kappa shape index (κ1) is 46.8. The summed E-state index contributed by atoms with van der Waals surface area (Å²) < 4.78 is 2.70. The van der Waals surface area contributed by atoms with Gasteiger partial charge < -0.3 is 15.3 Å². The second-order valence-corrected chi connectivity index (χ2v) is 24.9. The summed E-state index contributed by atoms with van der Waals surface area (Å²) in [6, 6.07) is 49.0. The Balaban J connectivity index is 1.19. The highest BCUT2D eigenvalue weighted by Crippen LogP contribution is 2.45. The van der Waals surface area contributed by atoms with Crippen LogP contribution in [0, 0.1) is 5.92 Å². The molecule has 8 rings (SSSR count). The van der Waals surface area contributed by atoms with Crippen LogP contribution in [-0.4, -0.2) is 26.3 Å². The SMILES string of the molecule is C=C(/C=C\CCO)CCC1c2ccccc2-c2cc(CC3CCCCC3)c([Si](C)(C)C)c[n+]2C1CC(=C)N(CCC)c1ccccc1Nc1ccc(-c2ccccc2)cc1-c1ccccc1. The molecule has 340 valence electrons. The van der Waals surface area contributed by atoms with Crippen molar-refractivity contribution in [3.8, 4) is 33.5 Å². The van der Waals surface area contributed by atoms with Crippen molar-refractivity contribution in [3.05, 3.63) is 187 Å². The topological polar surface area (TPSA) is 39.4 Å². The number of para-hydroxylation sites is 2. The lowest BCUT2D eigenvalue weighted by Gasteiger charge is -2.36. The molecule has 1 fully saturated rings. The Hall–Kier alpha value is -5.75. The number of nitrogens with zero attached hydrogens (tertiary/aromatic N) is 2. The van der Waals surface area contributed by atoms with E-state index in [1.54, 1.807) is 10.8 Å². The summed E-state index contributed by atoms with van der Waals surface area (Å²) >= 11 is 0. The first-order chi connectivity index (χ1) is 32.1. The van der Waals surface area contributed by atoms with Crippen molar-refractivity contribution in [1.29, 1.82) is 0 Å². The highest BCUT2D eigenvalue weighted by atomic mass is 28.3. The maximum Gasteiger partial charge on any atom is 0.213 e. The Bertz CT molecular complexity index is 2620. The maximum atomic E-state index is 9.49. The molecule has 5 heteroatoms. The second-order valence-electron chi connectivity index (χ2n) is 19.9. The van der Waals surface area contributed by atoms with Crippen LogP contribution < -0.4 is 20.0 Å². The van der Waals surface area contributed by atoms with Crippen molar-refractivity contribution in [2.45, 2.75) is 109 Å². The quantitative estimate of drug-likeness (QED) is 0.0483. The van der Waals surface area contributed by atoms with Crippen LogP contribution in [0.1, 0.15) is 94.2 Å². The predicted octanol–water partition coefficient (Wildman–Crippen LogP) is 15.1. The predicted molar refractivity (Wildman–Crippen MR) is 285 cm³/mol. The van der Waals surface area contributed by atoms with Gasteiger partial charge in [-0.25, -0.2) is 0 Å². The summed E-state index contributed by atoms with van der Waals surface area (Å²) in [4.78, 5) is 2.49. The molecule has 2 atom stereocenters. The lowest BCUT2D eigenvalue weighted by molar-refractivity contribution is -0.717. The average molecular weight is 891 g/mol.